The van der Waals surface area contributed by atoms with Crippen LogP contribution < -0.4 is 14.8 Å². The van der Waals surface area contributed by atoms with E-state index in [0.29, 0.717) is 30.0 Å². The molecule has 3 aromatic carbocycles. The number of ether oxygens (including phenoxy) is 2. The van der Waals surface area contributed by atoms with Crippen LogP contribution in [0.1, 0.15) is 40.0 Å². The maximum Gasteiger partial charge on any atom is 0.254 e. The van der Waals surface area contributed by atoms with Gasteiger partial charge in [-0.2, -0.15) is 0 Å². The highest BCUT2D eigenvalue weighted by molar-refractivity contribution is 5.97. The summed E-state index contributed by atoms with van der Waals surface area (Å²) < 4.78 is 25.2. The zero-order chi connectivity index (χ0) is 23.5. The van der Waals surface area contributed by atoms with Crippen LogP contribution in [0.15, 0.2) is 60.7 Å². The standard InChI is InChI=1S/C26H25FN2O4/c1-16(30)28-22-13-19(9-10-21(22)27)26(31)29-12-11-18-14-23(32-2)24(33-3)15-20(18)25(29)17-7-5-4-6-8-17/h4-10,13-15,25H,11-12H2,1-3H3,(H,28,30). The lowest BCUT2D eigenvalue weighted by molar-refractivity contribution is -0.114. The SMILES string of the molecule is COc1cc2c(cc1OC)C(c1ccccc1)N(C(=O)c1ccc(F)c(NC(C)=O)c1)CC2. The second kappa shape index (κ2) is 9.32. The number of fused-ring (bicyclic) bond motifs is 1. The molecule has 1 atom stereocenters. The lowest BCUT2D eigenvalue weighted by Crippen LogP contribution is -2.40. The van der Waals surface area contributed by atoms with Crippen molar-refractivity contribution in [2.45, 2.75) is 19.4 Å². The number of anilines is 1. The average Bonchev–Trinajstić information content (AvgIpc) is 2.83. The van der Waals surface area contributed by atoms with E-state index in [0.717, 1.165) is 16.7 Å². The van der Waals surface area contributed by atoms with Crippen molar-refractivity contribution in [3.05, 3.63) is 88.7 Å². The van der Waals surface area contributed by atoms with Crippen LogP contribution in [0, 0.1) is 5.82 Å². The summed E-state index contributed by atoms with van der Waals surface area (Å²) in [4.78, 5) is 26.9. The number of hydrogen-bond donors (Lipinski definition) is 1. The first-order valence-corrected chi connectivity index (χ1v) is 10.6. The third-order valence-corrected chi connectivity index (χ3v) is 5.77. The number of carbonyl (C=O) groups is 2. The Hall–Kier alpha value is -3.87. The first kappa shape index (κ1) is 22.3. The number of methoxy groups -OCH3 is 2. The second-order valence-corrected chi connectivity index (χ2v) is 7.84. The Bertz CT molecular complexity index is 1200. The molecule has 170 valence electrons. The highest BCUT2D eigenvalue weighted by atomic mass is 19.1. The molecule has 0 saturated heterocycles. The van der Waals surface area contributed by atoms with Gasteiger partial charge < -0.3 is 19.7 Å². The van der Waals surface area contributed by atoms with Gasteiger partial charge in [0, 0.05) is 19.0 Å². The van der Waals surface area contributed by atoms with Gasteiger partial charge in [-0.05, 0) is 53.4 Å². The number of nitrogens with zero attached hydrogens (tertiary/aromatic N) is 1. The smallest absolute Gasteiger partial charge is 0.254 e. The van der Waals surface area contributed by atoms with Gasteiger partial charge in [-0.25, -0.2) is 4.39 Å². The van der Waals surface area contributed by atoms with E-state index in [1.165, 1.54) is 25.1 Å². The number of rotatable bonds is 5. The maximum absolute atomic E-state index is 14.2. The first-order chi connectivity index (χ1) is 15.9. The van der Waals surface area contributed by atoms with Crippen LogP contribution in [0.5, 0.6) is 11.5 Å². The lowest BCUT2D eigenvalue weighted by Gasteiger charge is -2.38. The first-order valence-electron chi connectivity index (χ1n) is 10.6. The Morgan fingerprint density at radius 3 is 2.36 bits per heavy atom. The van der Waals surface area contributed by atoms with E-state index in [1.54, 1.807) is 19.1 Å². The van der Waals surface area contributed by atoms with Crippen molar-refractivity contribution < 1.29 is 23.5 Å². The Morgan fingerprint density at radius 1 is 1.00 bits per heavy atom. The fourth-order valence-corrected chi connectivity index (χ4v) is 4.27. The quantitative estimate of drug-likeness (QED) is 0.620. The van der Waals surface area contributed by atoms with Gasteiger partial charge in [-0.3, -0.25) is 9.59 Å². The number of nitrogens with one attached hydrogen (secondary N) is 1. The molecule has 0 bridgehead atoms. The van der Waals surface area contributed by atoms with E-state index >= 15 is 0 Å². The molecular formula is C26H25FN2O4. The highest BCUT2D eigenvalue weighted by Crippen LogP contribution is 2.41. The van der Waals surface area contributed by atoms with Crippen molar-refractivity contribution >= 4 is 17.5 Å². The van der Waals surface area contributed by atoms with Gasteiger partial charge in [0.05, 0.1) is 25.9 Å². The van der Waals surface area contributed by atoms with Crippen LogP contribution in [0.4, 0.5) is 10.1 Å². The van der Waals surface area contributed by atoms with Gasteiger partial charge in [-0.1, -0.05) is 30.3 Å². The normalized spacial score (nSPS) is 14.9. The topological polar surface area (TPSA) is 67.9 Å². The Morgan fingerprint density at radius 2 is 1.70 bits per heavy atom. The van der Waals surface area contributed by atoms with E-state index in [-0.39, 0.29) is 17.6 Å². The van der Waals surface area contributed by atoms with Gasteiger partial charge >= 0.3 is 0 Å². The molecule has 33 heavy (non-hydrogen) atoms. The molecule has 1 aliphatic rings. The molecule has 0 spiro atoms. The van der Waals surface area contributed by atoms with Crippen molar-refractivity contribution in [2.75, 3.05) is 26.1 Å². The molecule has 1 unspecified atom stereocenters. The van der Waals surface area contributed by atoms with Crippen molar-refractivity contribution in [3.63, 3.8) is 0 Å². The van der Waals surface area contributed by atoms with Crippen LogP contribution in [0.3, 0.4) is 0 Å². The Kier molecular flexibility index (Phi) is 6.31. The summed E-state index contributed by atoms with van der Waals surface area (Å²) in [6.07, 6.45) is 0.629. The fraction of sp³-hybridized carbons (Fsp3) is 0.231. The molecule has 0 saturated carbocycles. The minimum atomic E-state index is -0.595. The Labute approximate surface area is 191 Å². The molecule has 0 fully saturated rings. The Balaban J connectivity index is 1.80. The molecule has 2 amide bonds. The third kappa shape index (κ3) is 4.39. The maximum atomic E-state index is 14.2. The minimum Gasteiger partial charge on any atom is -0.493 e. The second-order valence-electron chi connectivity index (χ2n) is 7.84. The number of benzene rings is 3. The van der Waals surface area contributed by atoms with Crippen LogP contribution in [0.2, 0.25) is 0 Å². The van der Waals surface area contributed by atoms with E-state index < -0.39 is 11.7 Å². The molecule has 1 heterocycles. The minimum absolute atomic E-state index is 0.0200. The predicted octanol–water partition coefficient (Wildman–Crippen LogP) is 4.59. The zero-order valence-corrected chi connectivity index (χ0v) is 18.7. The highest BCUT2D eigenvalue weighted by Gasteiger charge is 2.34. The van der Waals surface area contributed by atoms with Crippen molar-refractivity contribution in [1.82, 2.24) is 4.90 Å². The summed E-state index contributed by atoms with van der Waals surface area (Å²) in [5.41, 5.74) is 3.24. The summed E-state index contributed by atoms with van der Waals surface area (Å²) in [6, 6.07) is 17.3. The fourth-order valence-electron chi connectivity index (χ4n) is 4.27. The van der Waals surface area contributed by atoms with Crippen molar-refractivity contribution in [1.29, 1.82) is 0 Å². The molecule has 1 aliphatic heterocycles. The molecule has 1 N–H and O–H groups in total. The zero-order valence-electron chi connectivity index (χ0n) is 18.7. The largest absolute Gasteiger partial charge is 0.493 e. The van der Waals surface area contributed by atoms with Gasteiger partial charge in [0.15, 0.2) is 11.5 Å². The number of halogens is 1. The lowest BCUT2D eigenvalue weighted by atomic mass is 9.87. The molecule has 7 heteroatoms. The average molecular weight is 448 g/mol. The van der Waals surface area contributed by atoms with Gasteiger partial charge in [-0.15, -0.1) is 0 Å². The van der Waals surface area contributed by atoms with Gasteiger partial charge in [0.25, 0.3) is 5.91 Å². The summed E-state index contributed by atoms with van der Waals surface area (Å²) >= 11 is 0. The van der Waals surface area contributed by atoms with E-state index in [1.807, 2.05) is 42.5 Å². The van der Waals surface area contributed by atoms with Crippen LogP contribution in [-0.4, -0.2) is 37.5 Å². The molecule has 3 aromatic rings. The molecule has 0 aliphatic carbocycles. The summed E-state index contributed by atoms with van der Waals surface area (Å²) in [5, 5.41) is 2.44. The predicted molar refractivity (Wildman–Crippen MR) is 123 cm³/mol. The molecule has 0 aromatic heterocycles. The number of hydrogen-bond acceptors (Lipinski definition) is 4. The monoisotopic (exact) mass is 448 g/mol. The number of amides is 2. The van der Waals surface area contributed by atoms with Crippen molar-refractivity contribution in [2.24, 2.45) is 0 Å². The molecular weight excluding hydrogens is 423 g/mol. The van der Waals surface area contributed by atoms with E-state index in [9.17, 15) is 14.0 Å². The van der Waals surface area contributed by atoms with E-state index in [4.69, 9.17) is 9.47 Å². The third-order valence-electron chi connectivity index (χ3n) is 5.77. The summed E-state index contributed by atoms with van der Waals surface area (Å²) in [6.45, 7) is 1.76. The van der Waals surface area contributed by atoms with E-state index in [2.05, 4.69) is 5.32 Å². The van der Waals surface area contributed by atoms with Crippen LogP contribution in [0.25, 0.3) is 0 Å². The molecule has 6 nitrogen and oxygen atoms in total. The molecule has 4 rings (SSSR count). The van der Waals surface area contributed by atoms with Crippen molar-refractivity contribution in [3.8, 4) is 11.5 Å². The van der Waals surface area contributed by atoms with Crippen LogP contribution >= 0.6 is 0 Å². The van der Waals surface area contributed by atoms with Gasteiger partial charge in [0.2, 0.25) is 5.91 Å². The van der Waals surface area contributed by atoms with Gasteiger partial charge in [0.1, 0.15) is 5.82 Å². The summed E-state index contributed by atoms with van der Waals surface area (Å²) in [5.74, 6) is -0.0331. The number of carbonyl (C=O) groups excluding carboxylic acids is 2. The summed E-state index contributed by atoms with van der Waals surface area (Å²) in [7, 11) is 3.17. The molecule has 0 radical (unpaired) electrons. The van der Waals surface area contributed by atoms with Crippen LogP contribution in [-0.2, 0) is 11.2 Å².